The van der Waals surface area contributed by atoms with Gasteiger partial charge in [-0.2, -0.15) is 0 Å². The number of anilines is 1. The highest BCUT2D eigenvalue weighted by Gasteiger charge is 2.26. The molecule has 1 heterocycles. The van der Waals surface area contributed by atoms with E-state index in [4.69, 9.17) is 4.74 Å². The van der Waals surface area contributed by atoms with Crippen molar-refractivity contribution in [3.8, 4) is 0 Å². The lowest BCUT2D eigenvalue weighted by atomic mass is 10.1. The number of aliphatic hydroxyl groups excluding tert-OH is 1. The molecule has 0 spiro atoms. The molecule has 2 unspecified atom stereocenters. The summed E-state index contributed by atoms with van der Waals surface area (Å²) in [5.74, 6) is -0.278. The van der Waals surface area contributed by atoms with Crippen LogP contribution in [0.25, 0.3) is 0 Å². The fourth-order valence-electron chi connectivity index (χ4n) is 2.33. The van der Waals surface area contributed by atoms with Crippen LogP contribution in [0.2, 0.25) is 0 Å². The highest BCUT2D eigenvalue weighted by molar-refractivity contribution is 5.56. The summed E-state index contributed by atoms with van der Waals surface area (Å²) in [7, 11) is 1.67. The third-order valence-corrected chi connectivity index (χ3v) is 3.26. The lowest BCUT2D eigenvalue weighted by molar-refractivity contribution is 0.121. The Kier molecular flexibility index (Phi) is 3.64. The van der Waals surface area contributed by atoms with Crippen molar-refractivity contribution in [3.05, 3.63) is 29.6 Å². The second kappa shape index (κ2) is 5.02. The van der Waals surface area contributed by atoms with Gasteiger partial charge in [0.25, 0.3) is 0 Å². The number of halogens is 1. The number of benzene rings is 1. The first kappa shape index (κ1) is 12.3. The van der Waals surface area contributed by atoms with Crippen molar-refractivity contribution in [1.29, 1.82) is 0 Å². The number of aliphatic hydroxyl groups is 1. The predicted molar refractivity (Wildman–Crippen MR) is 64.7 cm³/mol. The number of para-hydroxylation sites is 1. The van der Waals surface area contributed by atoms with Gasteiger partial charge in [0.05, 0.1) is 17.9 Å². The van der Waals surface area contributed by atoms with Crippen LogP contribution >= 0.6 is 0 Å². The van der Waals surface area contributed by atoms with E-state index in [1.165, 1.54) is 6.07 Å². The molecule has 1 aliphatic heterocycles. The molecular weight excluding hydrogens is 221 g/mol. The molecule has 0 radical (unpaired) electrons. The van der Waals surface area contributed by atoms with Crippen LogP contribution < -0.4 is 4.90 Å². The van der Waals surface area contributed by atoms with E-state index in [9.17, 15) is 9.50 Å². The molecule has 1 aromatic rings. The van der Waals surface area contributed by atoms with Crippen LogP contribution in [-0.2, 0) is 4.74 Å². The molecule has 1 aliphatic rings. The molecular formula is C13H18FNO2. The number of hydrogen-bond donors (Lipinski definition) is 1. The predicted octanol–water partition coefficient (Wildman–Crippen LogP) is 2.10. The van der Waals surface area contributed by atoms with Gasteiger partial charge in [-0.25, -0.2) is 4.39 Å². The maximum absolute atomic E-state index is 13.9. The Hall–Kier alpha value is -1.13. The van der Waals surface area contributed by atoms with E-state index >= 15 is 0 Å². The fourth-order valence-corrected chi connectivity index (χ4v) is 2.33. The Labute approximate surface area is 101 Å². The average Bonchev–Trinajstić information content (AvgIpc) is 2.76. The van der Waals surface area contributed by atoms with Gasteiger partial charge in [-0.1, -0.05) is 12.1 Å². The molecule has 0 amide bonds. The van der Waals surface area contributed by atoms with Gasteiger partial charge in [0.15, 0.2) is 0 Å². The van der Waals surface area contributed by atoms with Crippen LogP contribution in [0.15, 0.2) is 18.2 Å². The third-order valence-electron chi connectivity index (χ3n) is 3.26. The minimum absolute atomic E-state index is 0.149. The first-order valence-electron chi connectivity index (χ1n) is 5.87. The maximum Gasteiger partial charge on any atom is 0.146 e. The summed E-state index contributed by atoms with van der Waals surface area (Å²) in [5.41, 5.74) is 1.16. The summed E-state index contributed by atoms with van der Waals surface area (Å²) >= 11 is 0. The maximum atomic E-state index is 13.9. The van der Waals surface area contributed by atoms with Gasteiger partial charge in [0, 0.05) is 25.8 Å². The van der Waals surface area contributed by atoms with E-state index in [0.717, 1.165) is 13.0 Å². The minimum atomic E-state index is -0.665. The largest absolute Gasteiger partial charge is 0.389 e. The molecule has 1 aromatic carbocycles. The normalized spacial score (nSPS) is 21.9. The Morgan fingerprint density at radius 3 is 2.88 bits per heavy atom. The molecule has 4 heteroatoms. The van der Waals surface area contributed by atoms with E-state index in [-0.39, 0.29) is 11.9 Å². The first-order chi connectivity index (χ1) is 8.13. The lowest BCUT2D eigenvalue weighted by Gasteiger charge is -2.23. The van der Waals surface area contributed by atoms with Crippen LogP contribution in [0, 0.1) is 5.82 Å². The van der Waals surface area contributed by atoms with Crippen LogP contribution in [0.3, 0.4) is 0 Å². The van der Waals surface area contributed by atoms with E-state index in [1.54, 1.807) is 26.2 Å². The second-order valence-corrected chi connectivity index (χ2v) is 4.45. The van der Waals surface area contributed by atoms with Gasteiger partial charge < -0.3 is 14.7 Å². The summed E-state index contributed by atoms with van der Waals surface area (Å²) in [6.07, 6.45) is 0.378. The van der Waals surface area contributed by atoms with Crippen molar-refractivity contribution in [2.75, 3.05) is 25.1 Å². The zero-order valence-electron chi connectivity index (χ0n) is 10.2. The smallest absolute Gasteiger partial charge is 0.146 e. The molecule has 2 atom stereocenters. The third kappa shape index (κ3) is 2.42. The molecule has 2 rings (SSSR count). The van der Waals surface area contributed by atoms with E-state index in [0.29, 0.717) is 17.8 Å². The monoisotopic (exact) mass is 239 g/mol. The second-order valence-electron chi connectivity index (χ2n) is 4.45. The summed E-state index contributed by atoms with van der Waals surface area (Å²) in [6.45, 7) is 3.10. The molecule has 1 saturated heterocycles. The molecule has 17 heavy (non-hydrogen) atoms. The number of hydrogen-bond acceptors (Lipinski definition) is 3. The highest BCUT2D eigenvalue weighted by atomic mass is 19.1. The van der Waals surface area contributed by atoms with Crippen molar-refractivity contribution < 1.29 is 14.2 Å². The molecule has 1 N–H and O–H groups in total. The lowest BCUT2D eigenvalue weighted by Crippen LogP contribution is -2.24. The minimum Gasteiger partial charge on any atom is -0.389 e. The van der Waals surface area contributed by atoms with Crippen LogP contribution in [-0.4, -0.2) is 31.4 Å². The molecule has 0 bridgehead atoms. The molecule has 0 aliphatic carbocycles. The Morgan fingerprint density at radius 2 is 2.29 bits per heavy atom. The Balaban J connectivity index is 2.31. The first-order valence-corrected chi connectivity index (χ1v) is 5.87. The van der Waals surface area contributed by atoms with E-state index in [1.807, 2.05) is 4.90 Å². The summed E-state index contributed by atoms with van der Waals surface area (Å²) in [6, 6.07) is 4.83. The molecule has 94 valence electrons. The highest BCUT2D eigenvalue weighted by Crippen LogP contribution is 2.32. The van der Waals surface area contributed by atoms with E-state index < -0.39 is 6.10 Å². The summed E-state index contributed by atoms with van der Waals surface area (Å²) in [4.78, 5) is 1.95. The van der Waals surface area contributed by atoms with Crippen LogP contribution in [0.5, 0.6) is 0 Å². The number of rotatable bonds is 3. The van der Waals surface area contributed by atoms with E-state index in [2.05, 4.69) is 0 Å². The molecule has 0 saturated carbocycles. The quantitative estimate of drug-likeness (QED) is 0.876. The molecule has 3 nitrogen and oxygen atoms in total. The standard InChI is InChI=1S/C13H18FNO2/c1-9(16)11-4-3-5-12(14)13(11)15-7-6-10(8-15)17-2/h3-5,9-10,16H,6-8H2,1-2H3. The van der Waals surface area contributed by atoms with Gasteiger partial charge in [0.2, 0.25) is 0 Å². The van der Waals surface area contributed by atoms with Crippen molar-refractivity contribution >= 4 is 5.69 Å². The average molecular weight is 239 g/mol. The van der Waals surface area contributed by atoms with Crippen molar-refractivity contribution in [2.24, 2.45) is 0 Å². The van der Waals surface area contributed by atoms with Crippen molar-refractivity contribution in [2.45, 2.75) is 25.6 Å². The van der Waals surface area contributed by atoms with Gasteiger partial charge >= 0.3 is 0 Å². The van der Waals surface area contributed by atoms with Gasteiger partial charge in [-0.05, 0) is 19.4 Å². The van der Waals surface area contributed by atoms with Crippen LogP contribution in [0.1, 0.15) is 25.0 Å². The Morgan fingerprint density at radius 1 is 1.53 bits per heavy atom. The van der Waals surface area contributed by atoms with Crippen LogP contribution in [0.4, 0.5) is 10.1 Å². The summed E-state index contributed by atoms with van der Waals surface area (Å²) in [5, 5.41) is 9.69. The van der Waals surface area contributed by atoms with Crippen molar-refractivity contribution in [1.82, 2.24) is 0 Å². The van der Waals surface area contributed by atoms with Gasteiger partial charge in [-0.3, -0.25) is 0 Å². The zero-order chi connectivity index (χ0) is 12.4. The number of ether oxygens (including phenoxy) is 1. The summed E-state index contributed by atoms with van der Waals surface area (Å²) < 4.78 is 19.2. The van der Waals surface area contributed by atoms with Gasteiger partial charge in [-0.15, -0.1) is 0 Å². The SMILES string of the molecule is COC1CCN(c2c(F)cccc2C(C)O)C1. The fraction of sp³-hybridized carbons (Fsp3) is 0.538. The molecule has 0 aromatic heterocycles. The number of nitrogens with zero attached hydrogens (tertiary/aromatic N) is 1. The zero-order valence-corrected chi connectivity index (χ0v) is 10.2. The Bertz CT molecular complexity index is 395. The number of methoxy groups -OCH3 is 1. The van der Waals surface area contributed by atoms with Gasteiger partial charge in [0.1, 0.15) is 5.82 Å². The molecule has 1 fully saturated rings. The van der Waals surface area contributed by atoms with Crippen molar-refractivity contribution in [3.63, 3.8) is 0 Å². The topological polar surface area (TPSA) is 32.7 Å².